The molecule has 4 rings (SSSR count). The normalized spacial score (nSPS) is 17.9. The lowest BCUT2D eigenvalue weighted by Crippen LogP contribution is -2.50. The number of nitrogens with zero attached hydrogens (tertiary/aromatic N) is 1. The molecule has 7 heteroatoms. The molecule has 2 aromatic carbocycles. The first-order chi connectivity index (χ1) is 17.0. The summed E-state index contributed by atoms with van der Waals surface area (Å²) in [4.78, 5) is 38.8. The van der Waals surface area contributed by atoms with Crippen molar-refractivity contribution in [3.05, 3.63) is 59.7 Å². The van der Waals surface area contributed by atoms with E-state index < -0.39 is 24.1 Å². The van der Waals surface area contributed by atoms with Gasteiger partial charge in [-0.3, -0.25) is 4.79 Å². The second-order valence-corrected chi connectivity index (χ2v) is 9.45. The highest BCUT2D eigenvalue weighted by Crippen LogP contribution is 2.44. The zero-order chi connectivity index (χ0) is 24.8. The fraction of sp³-hybridized carbons (Fsp3) is 0.464. The summed E-state index contributed by atoms with van der Waals surface area (Å²) >= 11 is 0. The quantitative estimate of drug-likeness (QED) is 0.532. The minimum absolute atomic E-state index is 0.0338. The molecule has 0 spiro atoms. The van der Waals surface area contributed by atoms with Crippen LogP contribution in [0.3, 0.4) is 0 Å². The zero-order valence-electron chi connectivity index (χ0n) is 20.2. The number of piperidine rings is 1. The number of carboxylic acids is 1. The van der Waals surface area contributed by atoms with Crippen LogP contribution in [-0.4, -0.2) is 53.2 Å². The number of alkyl carbamates (subject to hydrolysis) is 1. The van der Waals surface area contributed by atoms with E-state index in [9.17, 15) is 19.5 Å². The van der Waals surface area contributed by atoms with Crippen molar-refractivity contribution in [3.8, 4) is 11.1 Å². The lowest BCUT2D eigenvalue weighted by molar-refractivity contribution is -0.152. The molecule has 2 aliphatic rings. The number of unbranched alkanes of at least 4 members (excludes halogenated alkanes) is 1. The highest BCUT2D eigenvalue weighted by molar-refractivity contribution is 5.84. The van der Waals surface area contributed by atoms with Gasteiger partial charge < -0.3 is 20.1 Å². The van der Waals surface area contributed by atoms with E-state index in [1.54, 1.807) is 0 Å². The molecule has 1 saturated heterocycles. The van der Waals surface area contributed by atoms with Crippen LogP contribution in [0.5, 0.6) is 0 Å². The van der Waals surface area contributed by atoms with E-state index in [1.807, 2.05) is 24.3 Å². The number of ether oxygens (including phenoxy) is 1. The molecule has 1 aliphatic carbocycles. The average Bonchev–Trinajstić information content (AvgIpc) is 3.19. The minimum atomic E-state index is -0.965. The van der Waals surface area contributed by atoms with Gasteiger partial charge in [-0.25, -0.2) is 9.59 Å². The van der Waals surface area contributed by atoms with Crippen LogP contribution in [0.25, 0.3) is 11.1 Å². The third-order valence-corrected chi connectivity index (χ3v) is 7.10. The second kappa shape index (κ2) is 11.4. The Kier molecular flexibility index (Phi) is 8.06. The molecule has 0 bridgehead atoms. The first kappa shape index (κ1) is 24.8. The van der Waals surface area contributed by atoms with Gasteiger partial charge in [-0.2, -0.15) is 0 Å². The van der Waals surface area contributed by atoms with Gasteiger partial charge >= 0.3 is 12.1 Å². The fourth-order valence-electron chi connectivity index (χ4n) is 5.30. The standard InChI is InChI=1S/C28H34N2O5/c1-2-3-10-19(17-26(31)30-16-9-8-15-25(30)27(32)33)29-28(34)35-18-24-22-13-6-4-11-20(22)21-12-5-7-14-23(21)24/h4-7,11-14,19,24-25H,2-3,8-10,15-18H2,1H3,(H,29,34)(H,32,33)/t19-,25+/m1/s1. The predicted octanol–water partition coefficient (Wildman–Crippen LogP) is 4.94. The predicted molar refractivity (Wildman–Crippen MR) is 133 cm³/mol. The second-order valence-electron chi connectivity index (χ2n) is 9.45. The molecule has 0 unspecified atom stereocenters. The fourth-order valence-corrected chi connectivity index (χ4v) is 5.30. The van der Waals surface area contributed by atoms with E-state index in [1.165, 1.54) is 4.90 Å². The Morgan fingerprint density at radius 1 is 1.06 bits per heavy atom. The van der Waals surface area contributed by atoms with Crippen molar-refractivity contribution in [2.75, 3.05) is 13.2 Å². The van der Waals surface area contributed by atoms with Gasteiger partial charge in [-0.1, -0.05) is 68.3 Å². The molecule has 2 N–H and O–H groups in total. The Morgan fingerprint density at radius 3 is 2.34 bits per heavy atom. The number of rotatable bonds is 9. The van der Waals surface area contributed by atoms with Gasteiger partial charge in [0.1, 0.15) is 12.6 Å². The van der Waals surface area contributed by atoms with Gasteiger partial charge in [0, 0.05) is 24.9 Å². The SMILES string of the molecule is CCCC[C@H](CC(=O)N1CCCC[C@H]1C(=O)O)NC(=O)OCC1c2ccccc2-c2ccccc21. The molecule has 2 atom stereocenters. The smallest absolute Gasteiger partial charge is 0.407 e. The van der Waals surface area contributed by atoms with E-state index in [-0.39, 0.29) is 24.9 Å². The first-order valence-electron chi connectivity index (χ1n) is 12.6. The number of amides is 2. The number of carbonyl (C=O) groups is 3. The third-order valence-electron chi connectivity index (χ3n) is 7.10. The highest BCUT2D eigenvalue weighted by Gasteiger charge is 2.33. The number of hydrogen-bond acceptors (Lipinski definition) is 4. The zero-order valence-corrected chi connectivity index (χ0v) is 20.2. The number of fused-ring (bicyclic) bond motifs is 3. The van der Waals surface area contributed by atoms with Crippen molar-refractivity contribution in [3.63, 3.8) is 0 Å². The monoisotopic (exact) mass is 478 g/mol. The summed E-state index contributed by atoms with van der Waals surface area (Å²) in [6.07, 6.45) is 4.02. The Hall–Kier alpha value is -3.35. The van der Waals surface area contributed by atoms with Crippen molar-refractivity contribution in [1.29, 1.82) is 0 Å². The largest absolute Gasteiger partial charge is 0.480 e. The van der Waals surface area contributed by atoms with Crippen LogP contribution in [0.2, 0.25) is 0 Å². The third kappa shape index (κ3) is 5.66. The van der Waals surface area contributed by atoms with Gasteiger partial charge in [-0.15, -0.1) is 0 Å². The van der Waals surface area contributed by atoms with Crippen molar-refractivity contribution >= 4 is 18.0 Å². The molecule has 1 fully saturated rings. The molecular weight excluding hydrogens is 444 g/mol. The minimum Gasteiger partial charge on any atom is -0.480 e. The average molecular weight is 479 g/mol. The van der Waals surface area contributed by atoms with Gasteiger partial charge in [-0.05, 0) is 47.9 Å². The van der Waals surface area contributed by atoms with Crippen molar-refractivity contribution in [1.82, 2.24) is 10.2 Å². The van der Waals surface area contributed by atoms with Gasteiger partial charge in [0.05, 0.1) is 0 Å². The van der Waals surface area contributed by atoms with Gasteiger partial charge in [0.2, 0.25) is 5.91 Å². The number of benzene rings is 2. The Morgan fingerprint density at radius 2 is 1.71 bits per heavy atom. The lowest BCUT2D eigenvalue weighted by atomic mass is 9.98. The van der Waals surface area contributed by atoms with Crippen LogP contribution in [0.15, 0.2) is 48.5 Å². The van der Waals surface area contributed by atoms with Crippen LogP contribution in [0.1, 0.15) is 68.9 Å². The molecule has 2 amide bonds. The summed E-state index contributed by atoms with van der Waals surface area (Å²) in [5, 5.41) is 12.4. The number of hydrogen-bond donors (Lipinski definition) is 2. The van der Waals surface area contributed by atoms with E-state index in [0.717, 1.165) is 47.9 Å². The summed E-state index contributed by atoms with van der Waals surface area (Å²) in [6.45, 7) is 2.71. The molecule has 2 aromatic rings. The number of carboxylic acid groups (broad SMARTS) is 1. The summed E-state index contributed by atoms with van der Waals surface area (Å²) < 4.78 is 5.67. The number of likely N-dealkylation sites (tertiary alicyclic amines) is 1. The van der Waals surface area contributed by atoms with Crippen LogP contribution in [0, 0.1) is 0 Å². The molecule has 186 valence electrons. The summed E-state index contributed by atoms with van der Waals surface area (Å²) in [5.41, 5.74) is 4.61. The molecule has 35 heavy (non-hydrogen) atoms. The summed E-state index contributed by atoms with van der Waals surface area (Å²) in [5.74, 6) is -1.22. The van der Waals surface area contributed by atoms with Crippen LogP contribution >= 0.6 is 0 Å². The maximum absolute atomic E-state index is 13.0. The van der Waals surface area contributed by atoms with Gasteiger partial charge in [0.15, 0.2) is 0 Å². The van der Waals surface area contributed by atoms with Crippen LogP contribution in [-0.2, 0) is 14.3 Å². The maximum Gasteiger partial charge on any atom is 0.407 e. The summed E-state index contributed by atoms with van der Waals surface area (Å²) in [6, 6.07) is 15.2. The lowest BCUT2D eigenvalue weighted by Gasteiger charge is -2.34. The van der Waals surface area contributed by atoms with E-state index in [4.69, 9.17) is 4.74 Å². The van der Waals surface area contributed by atoms with Crippen molar-refractivity contribution < 1.29 is 24.2 Å². The van der Waals surface area contributed by atoms with Gasteiger partial charge in [0.25, 0.3) is 0 Å². The number of aliphatic carboxylic acids is 1. The molecule has 7 nitrogen and oxygen atoms in total. The number of nitrogens with one attached hydrogen (secondary N) is 1. The maximum atomic E-state index is 13.0. The Labute approximate surface area is 206 Å². The summed E-state index contributed by atoms with van der Waals surface area (Å²) in [7, 11) is 0. The Bertz CT molecular complexity index is 1020. The van der Waals surface area contributed by atoms with Crippen molar-refractivity contribution in [2.45, 2.75) is 69.9 Å². The molecule has 0 radical (unpaired) electrons. The molecule has 0 saturated carbocycles. The van der Waals surface area contributed by atoms with E-state index in [2.05, 4.69) is 36.5 Å². The molecular formula is C28H34N2O5. The van der Waals surface area contributed by atoms with Crippen LogP contribution < -0.4 is 5.32 Å². The van der Waals surface area contributed by atoms with Crippen LogP contribution in [0.4, 0.5) is 4.79 Å². The molecule has 1 heterocycles. The number of carbonyl (C=O) groups excluding carboxylic acids is 2. The molecule has 0 aromatic heterocycles. The van der Waals surface area contributed by atoms with Crippen molar-refractivity contribution in [2.24, 2.45) is 0 Å². The molecule has 1 aliphatic heterocycles. The van der Waals surface area contributed by atoms with E-state index >= 15 is 0 Å². The topological polar surface area (TPSA) is 95.9 Å². The van der Waals surface area contributed by atoms with E-state index in [0.29, 0.717) is 19.4 Å². The first-order valence-corrected chi connectivity index (χ1v) is 12.6. The Balaban J connectivity index is 1.38. The highest BCUT2D eigenvalue weighted by atomic mass is 16.5.